The highest BCUT2D eigenvalue weighted by molar-refractivity contribution is 5.53. The molecule has 1 N–H and O–H groups in total. The smallest absolute Gasteiger partial charge is 0.332 e. The lowest BCUT2D eigenvalue weighted by atomic mass is 10.1. The van der Waals surface area contributed by atoms with E-state index >= 15 is 0 Å². The van der Waals surface area contributed by atoms with Gasteiger partial charge in [-0.25, -0.2) is 4.79 Å². The van der Waals surface area contributed by atoms with Crippen LogP contribution in [0.5, 0.6) is 11.5 Å². The minimum atomic E-state index is -0.638. The molecule has 0 amide bonds. The molecule has 0 saturated carbocycles. The Morgan fingerprint density at radius 1 is 1.17 bits per heavy atom. The number of nitriles is 1. The third kappa shape index (κ3) is 2.84. The molecule has 0 aliphatic rings. The van der Waals surface area contributed by atoms with Crippen molar-refractivity contribution in [2.24, 2.45) is 14.1 Å². The second-order valence-corrected chi connectivity index (χ2v) is 5.05. The van der Waals surface area contributed by atoms with Gasteiger partial charge in [0.15, 0.2) is 17.1 Å². The fourth-order valence-corrected chi connectivity index (χ4v) is 2.42. The quantitative estimate of drug-likeness (QED) is 0.861. The highest BCUT2D eigenvalue weighted by Crippen LogP contribution is 2.31. The molecule has 2 rings (SSSR count). The third-order valence-electron chi connectivity index (χ3n) is 3.71. The second kappa shape index (κ2) is 6.91. The third-order valence-corrected chi connectivity index (χ3v) is 3.71. The summed E-state index contributed by atoms with van der Waals surface area (Å²) in [5.41, 5.74) is -0.518. The molecule has 0 aliphatic heterocycles. The van der Waals surface area contributed by atoms with Crippen LogP contribution in [-0.2, 0) is 20.6 Å². The summed E-state index contributed by atoms with van der Waals surface area (Å²) in [7, 11) is 5.89. The van der Waals surface area contributed by atoms with Crippen LogP contribution in [0.3, 0.4) is 0 Å². The van der Waals surface area contributed by atoms with Gasteiger partial charge >= 0.3 is 5.69 Å². The van der Waals surface area contributed by atoms with Crippen molar-refractivity contribution < 1.29 is 9.47 Å². The molecule has 1 heterocycles. The summed E-state index contributed by atoms with van der Waals surface area (Å²) < 4.78 is 12.7. The summed E-state index contributed by atoms with van der Waals surface area (Å²) in [6.45, 7) is 0.246. The van der Waals surface area contributed by atoms with Crippen LogP contribution in [-0.4, -0.2) is 23.4 Å². The number of anilines is 1. The Hall–Kier alpha value is -3.21. The van der Waals surface area contributed by atoms with Gasteiger partial charge in [-0.1, -0.05) is 12.1 Å². The molecule has 8 heteroatoms. The minimum absolute atomic E-state index is 0.124. The first kappa shape index (κ1) is 17.1. The average molecular weight is 330 g/mol. The number of hydrogen-bond acceptors (Lipinski definition) is 6. The maximum atomic E-state index is 12.1. The molecule has 0 radical (unpaired) electrons. The van der Waals surface area contributed by atoms with E-state index in [0.29, 0.717) is 11.5 Å². The molecule has 0 fully saturated rings. The first-order valence-corrected chi connectivity index (χ1v) is 7.10. The Kier molecular flexibility index (Phi) is 4.94. The van der Waals surface area contributed by atoms with Gasteiger partial charge in [0.25, 0.3) is 5.56 Å². The predicted octanol–water partition coefficient (Wildman–Crippen LogP) is 0.585. The summed E-state index contributed by atoms with van der Waals surface area (Å²) >= 11 is 0. The summed E-state index contributed by atoms with van der Waals surface area (Å²) in [5.74, 6) is 1.27. The lowest BCUT2D eigenvalue weighted by Crippen LogP contribution is -2.39. The monoisotopic (exact) mass is 330 g/mol. The summed E-state index contributed by atoms with van der Waals surface area (Å²) in [4.78, 5) is 24.1. The standard InChI is InChI=1S/C16H18N4O4/c1-19-14(11(8-17)15(21)20(2)16(19)22)18-9-10-6-5-7-12(23-3)13(10)24-4/h5-7,18H,9H2,1-4H3. The molecule has 0 saturated heterocycles. The van der Waals surface area contributed by atoms with Gasteiger partial charge in [0, 0.05) is 26.2 Å². The first-order chi connectivity index (χ1) is 11.5. The summed E-state index contributed by atoms with van der Waals surface area (Å²) in [6.07, 6.45) is 0. The van der Waals surface area contributed by atoms with Crippen LogP contribution in [0, 0.1) is 11.3 Å². The number of benzene rings is 1. The van der Waals surface area contributed by atoms with Crippen molar-refractivity contribution in [2.75, 3.05) is 19.5 Å². The van der Waals surface area contributed by atoms with E-state index < -0.39 is 11.2 Å². The normalized spacial score (nSPS) is 10.1. The van der Waals surface area contributed by atoms with Crippen LogP contribution in [0.1, 0.15) is 11.1 Å². The molecule has 2 aromatic rings. The zero-order valence-electron chi connectivity index (χ0n) is 13.9. The van der Waals surface area contributed by atoms with E-state index in [1.165, 1.54) is 32.9 Å². The molecule has 126 valence electrons. The van der Waals surface area contributed by atoms with E-state index in [1.54, 1.807) is 12.1 Å². The maximum absolute atomic E-state index is 12.1. The number of hydrogen-bond donors (Lipinski definition) is 1. The molecule has 8 nitrogen and oxygen atoms in total. The van der Waals surface area contributed by atoms with Gasteiger partial charge in [-0.15, -0.1) is 0 Å². The van der Waals surface area contributed by atoms with Crippen LogP contribution in [0.2, 0.25) is 0 Å². The number of para-hydroxylation sites is 1. The molecular formula is C16H18N4O4. The van der Waals surface area contributed by atoms with Crippen LogP contribution < -0.4 is 26.0 Å². The Labute approximate surface area is 138 Å². The van der Waals surface area contributed by atoms with E-state index in [-0.39, 0.29) is 17.9 Å². The van der Waals surface area contributed by atoms with E-state index in [4.69, 9.17) is 9.47 Å². The number of methoxy groups -OCH3 is 2. The van der Waals surface area contributed by atoms with Crippen molar-refractivity contribution in [3.63, 3.8) is 0 Å². The molecule has 0 bridgehead atoms. The Bertz CT molecular complexity index is 921. The second-order valence-electron chi connectivity index (χ2n) is 5.05. The van der Waals surface area contributed by atoms with Crippen molar-refractivity contribution >= 4 is 5.82 Å². The number of nitrogens with zero attached hydrogens (tertiary/aromatic N) is 3. The zero-order valence-corrected chi connectivity index (χ0v) is 13.9. The van der Waals surface area contributed by atoms with Crippen molar-refractivity contribution in [3.8, 4) is 17.6 Å². The highest BCUT2D eigenvalue weighted by Gasteiger charge is 2.16. The van der Waals surface area contributed by atoms with Gasteiger partial charge in [0.2, 0.25) is 0 Å². The highest BCUT2D eigenvalue weighted by atomic mass is 16.5. The minimum Gasteiger partial charge on any atom is -0.493 e. The fourth-order valence-electron chi connectivity index (χ4n) is 2.42. The Morgan fingerprint density at radius 2 is 1.88 bits per heavy atom. The number of nitrogens with one attached hydrogen (secondary N) is 1. The Balaban J connectivity index is 2.47. The molecule has 0 unspecified atom stereocenters. The molecule has 1 aromatic carbocycles. The van der Waals surface area contributed by atoms with Crippen LogP contribution in [0.15, 0.2) is 27.8 Å². The SMILES string of the molecule is COc1cccc(CNc2c(C#N)c(=O)n(C)c(=O)n2C)c1OC. The summed E-state index contributed by atoms with van der Waals surface area (Å²) in [6, 6.07) is 7.23. The van der Waals surface area contributed by atoms with E-state index in [2.05, 4.69) is 5.32 Å². The number of aromatic nitrogens is 2. The van der Waals surface area contributed by atoms with Crippen LogP contribution in [0.4, 0.5) is 5.82 Å². The zero-order chi connectivity index (χ0) is 17.9. The van der Waals surface area contributed by atoms with E-state index in [9.17, 15) is 14.9 Å². The van der Waals surface area contributed by atoms with Crippen molar-refractivity contribution in [3.05, 3.63) is 50.2 Å². The summed E-state index contributed by atoms with van der Waals surface area (Å²) in [5, 5.41) is 12.2. The molecule has 0 aliphatic carbocycles. The van der Waals surface area contributed by atoms with E-state index in [0.717, 1.165) is 10.1 Å². The van der Waals surface area contributed by atoms with Crippen molar-refractivity contribution in [2.45, 2.75) is 6.54 Å². The van der Waals surface area contributed by atoms with Gasteiger partial charge < -0.3 is 14.8 Å². The van der Waals surface area contributed by atoms with Gasteiger partial charge in [-0.3, -0.25) is 13.9 Å². The van der Waals surface area contributed by atoms with Crippen LogP contribution in [0.25, 0.3) is 0 Å². The average Bonchev–Trinajstić information content (AvgIpc) is 2.61. The predicted molar refractivity (Wildman–Crippen MR) is 88.5 cm³/mol. The maximum Gasteiger partial charge on any atom is 0.332 e. The Morgan fingerprint density at radius 3 is 2.46 bits per heavy atom. The van der Waals surface area contributed by atoms with Crippen molar-refractivity contribution in [1.29, 1.82) is 5.26 Å². The van der Waals surface area contributed by atoms with E-state index in [1.807, 2.05) is 12.1 Å². The van der Waals surface area contributed by atoms with Crippen LogP contribution >= 0.6 is 0 Å². The lowest BCUT2D eigenvalue weighted by molar-refractivity contribution is 0.352. The van der Waals surface area contributed by atoms with Gasteiger partial charge in [0.05, 0.1) is 14.2 Å². The number of rotatable bonds is 5. The molecule has 1 aromatic heterocycles. The topological polar surface area (TPSA) is 98.3 Å². The number of ether oxygens (including phenoxy) is 2. The fraction of sp³-hybridized carbons (Fsp3) is 0.312. The van der Waals surface area contributed by atoms with Crippen molar-refractivity contribution in [1.82, 2.24) is 9.13 Å². The molecule has 24 heavy (non-hydrogen) atoms. The molecular weight excluding hydrogens is 312 g/mol. The largest absolute Gasteiger partial charge is 0.493 e. The molecule has 0 spiro atoms. The first-order valence-electron chi connectivity index (χ1n) is 7.10. The molecule has 0 atom stereocenters. The van der Waals surface area contributed by atoms with Gasteiger partial charge in [0.1, 0.15) is 11.9 Å². The van der Waals surface area contributed by atoms with Gasteiger partial charge in [-0.05, 0) is 6.07 Å². The lowest BCUT2D eigenvalue weighted by Gasteiger charge is -2.16. The van der Waals surface area contributed by atoms with Gasteiger partial charge in [-0.2, -0.15) is 5.26 Å².